The highest BCUT2D eigenvalue weighted by Gasteiger charge is 2.45. The van der Waals surface area contributed by atoms with Crippen molar-refractivity contribution in [1.29, 1.82) is 0 Å². The normalized spacial score (nSPS) is 21.7. The van der Waals surface area contributed by atoms with Crippen LogP contribution in [0.5, 0.6) is 5.75 Å². The van der Waals surface area contributed by atoms with Crippen molar-refractivity contribution in [3.8, 4) is 28.1 Å². The molecule has 1 unspecified atom stereocenters. The summed E-state index contributed by atoms with van der Waals surface area (Å²) >= 11 is 0. The summed E-state index contributed by atoms with van der Waals surface area (Å²) in [5.74, 6) is 1.94. The minimum Gasteiger partial charge on any atom is -0.488 e. The van der Waals surface area contributed by atoms with Gasteiger partial charge in [0.1, 0.15) is 36.1 Å². The lowest BCUT2D eigenvalue weighted by Crippen LogP contribution is -2.53. The second kappa shape index (κ2) is 18.5. The van der Waals surface area contributed by atoms with Gasteiger partial charge in [0.05, 0.1) is 48.7 Å². The maximum absolute atomic E-state index is 14.4. The van der Waals surface area contributed by atoms with Gasteiger partial charge in [-0.25, -0.2) is 14.8 Å². The van der Waals surface area contributed by atoms with Crippen LogP contribution in [0.1, 0.15) is 81.4 Å². The molecule has 6 aromatic rings. The fraction of sp³-hybridized carbons (Fsp3) is 0.420. The zero-order chi connectivity index (χ0) is 46.4. The van der Waals surface area contributed by atoms with Crippen LogP contribution in [0.25, 0.3) is 44.2 Å². The number of aromatic nitrogens is 4. The number of carbonyl (C=O) groups excluding carboxylic acids is 3. The number of imidazole rings is 2. The Morgan fingerprint density at radius 2 is 1.73 bits per heavy atom. The molecule has 0 saturated carbocycles. The molecule has 5 heterocycles. The summed E-state index contributed by atoms with van der Waals surface area (Å²) < 4.78 is 22.0. The number of aliphatic hydroxyl groups excluding tert-OH is 1. The Hall–Kier alpha value is -6.33. The molecule has 9 rings (SSSR count). The van der Waals surface area contributed by atoms with Crippen molar-refractivity contribution in [3.05, 3.63) is 102 Å². The second-order valence-electron chi connectivity index (χ2n) is 18.2. The Balaban J connectivity index is 0.979. The number of ether oxygens (including phenoxy) is 4. The number of fused-ring (bicyclic) bond motifs is 6. The van der Waals surface area contributed by atoms with E-state index in [9.17, 15) is 19.5 Å². The first kappa shape index (κ1) is 44.9. The molecule has 0 aliphatic carbocycles. The number of alkyl carbamates (subject to hydrolysis) is 1. The van der Waals surface area contributed by atoms with Crippen LogP contribution in [0.3, 0.4) is 0 Å². The Kier molecular flexibility index (Phi) is 12.6. The highest BCUT2D eigenvalue weighted by atomic mass is 16.6. The van der Waals surface area contributed by atoms with Crippen LogP contribution >= 0.6 is 0 Å². The minimum atomic E-state index is -1.34. The van der Waals surface area contributed by atoms with Crippen molar-refractivity contribution in [2.75, 3.05) is 34.5 Å². The number of rotatable bonds is 13. The zero-order valence-corrected chi connectivity index (χ0v) is 38.3. The summed E-state index contributed by atoms with van der Waals surface area (Å²) in [6.07, 6.45) is 1.22. The third kappa shape index (κ3) is 8.38. The van der Waals surface area contributed by atoms with Crippen LogP contribution in [0.15, 0.2) is 79.0 Å². The molecule has 0 radical (unpaired) electrons. The molecule has 2 aromatic heterocycles. The quantitative estimate of drug-likeness (QED) is 0.0740. The Morgan fingerprint density at radius 3 is 2.47 bits per heavy atom. The van der Waals surface area contributed by atoms with E-state index in [1.807, 2.05) is 66.2 Å². The zero-order valence-electron chi connectivity index (χ0n) is 38.3. The molecule has 5 N–H and O–H groups in total. The first-order valence-electron chi connectivity index (χ1n) is 22.6. The fourth-order valence-corrected chi connectivity index (χ4v) is 10.1. The molecule has 346 valence electrons. The van der Waals surface area contributed by atoms with Gasteiger partial charge in [-0.15, -0.1) is 0 Å². The summed E-state index contributed by atoms with van der Waals surface area (Å²) in [6, 6.07) is 21.6. The molecular weight excluding hydrogens is 841 g/mol. The summed E-state index contributed by atoms with van der Waals surface area (Å²) in [5, 5.41) is 18.1. The fourth-order valence-electron chi connectivity index (χ4n) is 10.1. The third-order valence-electron chi connectivity index (χ3n) is 13.7. The van der Waals surface area contributed by atoms with Crippen LogP contribution in [0.4, 0.5) is 4.79 Å². The molecule has 0 spiro atoms. The summed E-state index contributed by atoms with van der Waals surface area (Å²) in [7, 11) is 4.33. The van der Waals surface area contributed by atoms with Crippen LogP contribution in [0, 0.1) is 17.8 Å². The average Bonchev–Trinajstić information content (AvgIpc) is 4.14. The lowest BCUT2D eigenvalue weighted by molar-refractivity contribution is -0.143. The lowest BCUT2D eigenvalue weighted by Gasteiger charge is -2.33. The number of carbonyl (C=O) groups is 3. The molecule has 3 amide bonds. The van der Waals surface area contributed by atoms with Gasteiger partial charge in [-0.2, -0.15) is 0 Å². The molecule has 2 saturated heterocycles. The second-order valence-corrected chi connectivity index (χ2v) is 18.2. The van der Waals surface area contributed by atoms with E-state index in [0.29, 0.717) is 43.4 Å². The number of aliphatic hydroxyl groups is 1. The van der Waals surface area contributed by atoms with Crippen LogP contribution in [0.2, 0.25) is 0 Å². The van der Waals surface area contributed by atoms with E-state index in [2.05, 4.69) is 70.8 Å². The molecule has 4 aromatic carbocycles. The summed E-state index contributed by atoms with van der Waals surface area (Å²) in [5.41, 5.74) is 7.21. The van der Waals surface area contributed by atoms with Gasteiger partial charge in [-0.05, 0) is 83.5 Å². The number of H-pyrrole nitrogens is 2. The van der Waals surface area contributed by atoms with Crippen molar-refractivity contribution in [2.45, 2.75) is 83.8 Å². The van der Waals surface area contributed by atoms with E-state index in [0.717, 1.165) is 61.9 Å². The molecule has 0 bridgehead atoms. The Bertz CT molecular complexity index is 2760. The molecule has 8 atom stereocenters. The number of nitrogens with zero attached hydrogens (tertiary/aromatic N) is 4. The highest BCUT2D eigenvalue weighted by Crippen LogP contribution is 2.45. The predicted molar refractivity (Wildman–Crippen MR) is 248 cm³/mol. The van der Waals surface area contributed by atoms with Gasteiger partial charge < -0.3 is 49.1 Å². The van der Waals surface area contributed by atoms with E-state index in [1.165, 1.54) is 14.2 Å². The van der Waals surface area contributed by atoms with Gasteiger partial charge >= 0.3 is 6.09 Å². The van der Waals surface area contributed by atoms with E-state index in [-0.39, 0.29) is 47.7 Å². The molecule has 2 fully saturated rings. The highest BCUT2D eigenvalue weighted by molar-refractivity contribution is 6.07. The van der Waals surface area contributed by atoms with E-state index < -0.39 is 24.6 Å². The molecule has 16 heteroatoms. The molecule has 3 aliphatic rings. The van der Waals surface area contributed by atoms with Crippen LogP contribution in [-0.4, -0.2) is 106 Å². The number of benzene rings is 4. The Labute approximate surface area is 383 Å². The molecule has 66 heavy (non-hydrogen) atoms. The smallest absolute Gasteiger partial charge is 0.407 e. The monoisotopic (exact) mass is 898 g/mol. The SMILES string of the molecule is COC[C@H]1C[C@@H](c2ncc(-c3ccc4c(c3)COc3cc5c(ccc6nc([C@@H]7C[C@H](C)[C@H](C)N7C(=O)[C@@H](NC(=O)OC)C(C)C)[nH]c65)cc3-4)[nH]2)N(C(=O)[C@H](NC(O)OC)c2ccccc2)C1. The first-order valence-corrected chi connectivity index (χ1v) is 22.6. The summed E-state index contributed by atoms with van der Waals surface area (Å²) in [6.45, 7) is 9.34. The van der Waals surface area contributed by atoms with Crippen molar-refractivity contribution in [1.82, 2.24) is 40.4 Å². The van der Waals surface area contributed by atoms with Gasteiger partial charge in [-0.3, -0.25) is 14.9 Å². The Morgan fingerprint density at radius 1 is 0.924 bits per heavy atom. The number of likely N-dealkylation sites (tertiary alicyclic amines) is 2. The van der Waals surface area contributed by atoms with E-state index in [1.54, 1.807) is 7.11 Å². The third-order valence-corrected chi connectivity index (χ3v) is 13.7. The first-order chi connectivity index (χ1) is 31.9. The van der Waals surface area contributed by atoms with Crippen LogP contribution < -0.4 is 15.4 Å². The maximum Gasteiger partial charge on any atom is 0.407 e. The molecule has 16 nitrogen and oxygen atoms in total. The van der Waals surface area contributed by atoms with E-state index in [4.69, 9.17) is 28.9 Å². The van der Waals surface area contributed by atoms with Crippen LogP contribution in [-0.2, 0) is 30.4 Å². The van der Waals surface area contributed by atoms with Gasteiger partial charge in [-0.1, -0.05) is 69.3 Å². The van der Waals surface area contributed by atoms with Gasteiger partial charge in [0.15, 0.2) is 0 Å². The van der Waals surface area contributed by atoms with Gasteiger partial charge in [0.2, 0.25) is 18.2 Å². The largest absolute Gasteiger partial charge is 0.488 e. The molecular formula is C50H58N8O8. The number of amides is 3. The maximum atomic E-state index is 14.4. The van der Waals surface area contributed by atoms with Crippen molar-refractivity contribution < 1.29 is 38.4 Å². The number of hydrogen-bond donors (Lipinski definition) is 5. The van der Waals surface area contributed by atoms with Crippen molar-refractivity contribution >= 4 is 39.7 Å². The minimum absolute atomic E-state index is 0.0642. The number of hydrogen-bond acceptors (Lipinski definition) is 11. The van der Waals surface area contributed by atoms with Crippen molar-refractivity contribution in [2.24, 2.45) is 17.8 Å². The average molecular weight is 899 g/mol. The number of aromatic amines is 2. The van der Waals surface area contributed by atoms with Crippen molar-refractivity contribution in [3.63, 3.8) is 0 Å². The lowest BCUT2D eigenvalue weighted by atomic mass is 9.92. The standard InChI is InChI=1S/C50H58N8O8/c1-26(2)42(55-49(61)64-6)48(60)58-28(4)27(3)17-40(58)46-52-37-16-14-31-20-36-34-15-13-32(19-33(34)25-66-41(36)21-35(31)44(37)54-46)38-22-51-45(53-38)39-18-29(24-63-5)23-57(39)47(59)43(56-50(62)65-7)30-11-9-8-10-12-30/h8-16,19-22,26-29,39-40,42-43,50,56,62H,17-18,23-25H2,1-7H3,(H,51,53)(H,52,54)(H,55,61)/t27-,28-,29-,39-,40-,42-,43+,50?/m0/s1. The predicted octanol–water partition coefficient (Wildman–Crippen LogP) is 7.13. The topological polar surface area (TPSA) is 196 Å². The van der Waals surface area contributed by atoms with E-state index >= 15 is 0 Å². The summed E-state index contributed by atoms with van der Waals surface area (Å²) in [4.78, 5) is 61.5. The number of methoxy groups -OCH3 is 3. The molecule has 3 aliphatic heterocycles. The number of nitrogens with one attached hydrogen (secondary N) is 4. The van der Waals surface area contributed by atoms with Gasteiger partial charge in [0, 0.05) is 43.7 Å². The van der Waals surface area contributed by atoms with Gasteiger partial charge in [0.25, 0.3) is 0 Å².